The maximum atomic E-state index is 12.9. The predicted molar refractivity (Wildman–Crippen MR) is 158 cm³/mol. The molecule has 0 radical (unpaired) electrons. The Balaban J connectivity index is 1.21. The van der Waals surface area contributed by atoms with E-state index in [4.69, 9.17) is 15.1 Å². The number of methoxy groups -OCH3 is 1. The first-order valence-corrected chi connectivity index (χ1v) is 13.4. The van der Waals surface area contributed by atoms with Crippen molar-refractivity contribution in [1.29, 1.82) is 10.7 Å². The number of rotatable bonds is 6. The van der Waals surface area contributed by atoms with Crippen molar-refractivity contribution in [3.05, 3.63) is 78.1 Å². The highest BCUT2D eigenvalue weighted by Gasteiger charge is 2.47. The Morgan fingerprint density at radius 3 is 2.71 bits per heavy atom. The first kappa shape index (κ1) is 26.5. The first-order valence-electron chi connectivity index (χ1n) is 13.4. The molecule has 2 N–H and O–H groups in total. The summed E-state index contributed by atoms with van der Waals surface area (Å²) < 4.78 is 6.84. The van der Waals surface area contributed by atoms with E-state index in [1.165, 1.54) is 6.21 Å². The maximum absolute atomic E-state index is 12.9. The number of fused-ring (bicyclic) bond motifs is 3. The number of hydrogen-bond donors (Lipinski definition) is 2. The van der Waals surface area contributed by atoms with Crippen molar-refractivity contribution in [3.8, 4) is 34.8 Å². The average Bonchev–Trinajstić information content (AvgIpc) is 3.45. The predicted octanol–water partition coefficient (Wildman–Crippen LogP) is 2.72. The van der Waals surface area contributed by atoms with Crippen molar-refractivity contribution >= 4 is 29.0 Å². The molecule has 1 amide bonds. The van der Waals surface area contributed by atoms with Crippen LogP contribution in [0.3, 0.4) is 0 Å². The summed E-state index contributed by atoms with van der Waals surface area (Å²) >= 11 is 0. The number of aromatic nitrogens is 4. The number of nitrogens with zero attached hydrogens (tertiary/aromatic N) is 7. The zero-order valence-electron chi connectivity index (χ0n) is 23.1. The molecule has 4 aromatic rings. The normalized spacial score (nSPS) is 17.5. The second-order valence-corrected chi connectivity index (χ2v) is 10.1. The van der Waals surface area contributed by atoms with E-state index < -0.39 is 0 Å². The lowest BCUT2D eigenvalue weighted by atomic mass is 9.87. The minimum absolute atomic E-state index is 0.0789. The second kappa shape index (κ2) is 11.1. The van der Waals surface area contributed by atoms with Gasteiger partial charge in [0.15, 0.2) is 0 Å². The van der Waals surface area contributed by atoms with Gasteiger partial charge in [-0.2, -0.15) is 10.4 Å². The number of hydrogen-bond acceptors (Lipinski definition) is 9. The van der Waals surface area contributed by atoms with Crippen LogP contribution in [0.4, 0.5) is 5.82 Å². The van der Waals surface area contributed by atoms with Crippen molar-refractivity contribution < 1.29 is 9.53 Å². The zero-order valence-corrected chi connectivity index (χ0v) is 23.1. The topological polar surface area (TPSA) is 136 Å². The van der Waals surface area contributed by atoms with Crippen LogP contribution >= 0.6 is 0 Å². The Hall–Kier alpha value is -5.68. The van der Waals surface area contributed by atoms with Gasteiger partial charge in [-0.3, -0.25) is 9.78 Å². The standard InChI is InChI=1S/C31H27N9O2/c1-34-13-23(10-32)22-8-28(31-24(11-33)15-37-39(31)17-22)21-4-5-29(36-14-21)38-18-25-9-26(19-38)40(25)30(41)6-3-20-7-27(42-2)16-35-12-20/h4-5,7-8,10,12-17,25-26,32,34H,9,18-19H2,1-2H3/b23-13+,32-10?. The molecule has 3 saturated heterocycles. The smallest absolute Gasteiger partial charge is 0.299 e. The molecular formula is C31H27N9O2. The molecule has 0 spiro atoms. The fraction of sp³-hybridized carbons (Fsp3) is 0.226. The molecule has 208 valence electrons. The Bertz CT molecular complexity index is 1810. The van der Waals surface area contributed by atoms with Crippen LogP contribution in [0.5, 0.6) is 5.75 Å². The molecule has 7 heterocycles. The van der Waals surface area contributed by atoms with Crippen molar-refractivity contribution in [3.63, 3.8) is 0 Å². The van der Waals surface area contributed by atoms with Gasteiger partial charge < -0.3 is 25.3 Å². The Kier molecular flexibility index (Phi) is 6.99. The van der Waals surface area contributed by atoms with Gasteiger partial charge in [0, 0.05) is 84.9 Å². The number of anilines is 1. The molecule has 0 aliphatic carbocycles. The molecule has 2 atom stereocenters. The number of allylic oxidation sites excluding steroid dienone is 1. The lowest BCUT2D eigenvalue weighted by Gasteiger charge is -2.55. The first-order chi connectivity index (χ1) is 20.5. The summed E-state index contributed by atoms with van der Waals surface area (Å²) in [7, 11) is 3.34. The van der Waals surface area contributed by atoms with Crippen LogP contribution < -0.4 is 15.0 Å². The summed E-state index contributed by atoms with van der Waals surface area (Å²) in [4.78, 5) is 25.8. The van der Waals surface area contributed by atoms with Crippen LogP contribution in [0.25, 0.3) is 22.2 Å². The third-order valence-corrected chi connectivity index (χ3v) is 7.59. The van der Waals surface area contributed by atoms with Crippen LogP contribution in [0, 0.1) is 28.6 Å². The van der Waals surface area contributed by atoms with Crippen molar-refractivity contribution in [2.45, 2.75) is 18.5 Å². The number of piperazine rings is 1. The molecule has 2 unspecified atom stereocenters. The minimum Gasteiger partial charge on any atom is -0.495 e. The van der Waals surface area contributed by atoms with Gasteiger partial charge in [-0.1, -0.05) is 5.92 Å². The maximum Gasteiger partial charge on any atom is 0.299 e. The van der Waals surface area contributed by atoms with Gasteiger partial charge >= 0.3 is 0 Å². The highest BCUT2D eigenvalue weighted by Crippen LogP contribution is 2.35. The summed E-state index contributed by atoms with van der Waals surface area (Å²) in [6.07, 6.45) is 12.3. The quantitative estimate of drug-likeness (QED) is 0.273. The number of carbonyl (C=O) groups is 1. The van der Waals surface area contributed by atoms with Crippen LogP contribution in [0.2, 0.25) is 0 Å². The van der Waals surface area contributed by atoms with Crippen molar-refractivity contribution in [2.24, 2.45) is 0 Å². The average molecular weight is 558 g/mol. The summed E-state index contributed by atoms with van der Waals surface area (Å²) in [5.74, 6) is 6.91. The summed E-state index contributed by atoms with van der Waals surface area (Å²) in [5, 5.41) is 24.9. The number of amides is 1. The number of ether oxygens (including phenoxy) is 1. The summed E-state index contributed by atoms with van der Waals surface area (Å²) in [6, 6.07) is 10.0. The van der Waals surface area contributed by atoms with Gasteiger partial charge in [-0.25, -0.2) is 9.50 Å². The number of pyridine rings is 3. The largest absolute Gasteiger partial charge is 0.495 e. The van der Waals surface area contributed by atoms with Gasteiger partial charge in [0.1, 0.15) is 17.6 Å². The van der Waals surface area contributed by atoms with E-state index in [-0.39, 0.29) is 18.0 Å². The van der Waals surface area contributed by atoms with Gasteiger partial charge in [-0.05, 0) is 30.7 Å². The van der Waals surface area contributed by atoms with Crippen LogP contribution in [-0.4, -0.2) is 75.9 Å². The monoisotopic (exact) mass is 557 g/mol. The fourth-order valence-electron chi connectivity index (χ4n) is 5.59. The molecule has 0 aromatic carbocycles. The van der Waals surface area contributed by atoms with Crippen LogP contribution in [0.1, 0.15) is 23.1 Å². The van der Waals surface area contributed by atoms with Crippen molar-refractivity contribution in [1.82, 2.24) is 29.8 Å². The van der Waals surface area contributed by atoms with E-state index in [2.05, 4.69) is 38.2 Å². The van der Waals surface area contributed by atoms with Crippen LogP contribution in [-0.2, 0) is 4.79 Å². The molecule has 3 aliphatic rings. The van der Waals surface area contributed by atoms with Gasteiger partial charge in [-0.15, -0.1) is 0 Å². The lowest BCUT2D eigenvalue weighted by molar-refractivity contribution is -0.139. The Labute approximate surface area is 242 Å². The fourth-order valence-corrected chi connectivity index (χ4v) is 5.59. The van der Waals surface area contributed by atoms with E-state index >= 15 is 0 Å². The molecule has 4 aromatic heterocycles. The van der Waals surface area contributed by atoms with Crippen LogP contribution in [0.15, 0.2) is 61.4 Å². The second-order valence-electron chi connectivity index (χ2n) is 10.1. The lowest BCUT2D eigenvalue weighted by Crippen LogP contribution is -2.70. The molecular weight excluding hydrogens is 530 g/mol. The van der Waals surface area contributed by atoms with E-state index in [9.17, 15) is 10.1 Å². The number of nitrogens with one attached hydrogen (secondary N) is 2. The minimum atomic E-state index is -0.184. The number of nitriles is 1. The highest BCUT2D eigenvalue weighted by atomic mass is 16.5. The van der Waals surface area contributed by atoms with Gasteiger partial charge in [0.05, 0.1) is 42.7 Å². The molecule has 11 heteroatoms. The number of piperidine rings is 1. The number of carbonyl (C=O) groups excluding carboxylic acids is 1. The molecule has 3 aliphatic heterocycles. The van der Waals surface area contributed by atoms with Crippen molar-refractivity contribution in [2.75, 3.05) is 32.1 Å². The summed E-state index contributed by atoms with van der Waals surface area (Å²) in [6.45, 7) is 1.35. The highest BCUT2D eigenvalue weighted by molar-refractivity contribution is 6.09. The third-order valence-electron chi connectivity index (χ3n) is 7.59. The Morgan fingerprint density at radius 1 is 1.19 bits per heavy atom. The third kappa shape index (κ3) is 4.78. The van der Waals surface area contributed by atoms with E-state index in [0.29, 0.717) is 41.1 Å². The SMILES string of the molecule is CN/C=C(\C=N)c1cc(-c2ccc(N3CC4CC(C3)N4C(=O)C#Cc3cncc(OC)c3)nc2)c2c(C#N)cnn2c1. The molecule has 2 bridgehead atoms. The zero-order chi connectivity index (χ0) is 29.2. The van der Waals surface area contributed by atoms with Gasteiger partial charge in [0.2, 0.25) is 0 Å². The molecule has 11 nitrogen and oxygen atoms in total. The molecule has 42 heavy (non-hydrogen) atoms. The summed E-state index contributed by atoms with van der Waals surface area (Å²) in [5.41, 5.74) is 4.86. The van der Waals surface area contributed by atoms with E-state index in [0.717, 1.165) is 28.9 Å². The van der Waals surface area contributed by atoms with E-state index in [1.807, 2.05) is 23.1 Å². The van der Waals surface area contributed by atoms with E-state index in [1.54, 1.807) is 61.9 Å². The molecule has 0 saturated carbocycles. The molecule has 3 fully saturated rings. The molecule has 7 rings (SSSR count). The Morgan fingerprint density at radius 2 is 2.02 bits per heavy atom. The van der Waals surface area contributed by atoms with Gasteiger partial charge in [0.25, 0.3) is 5.91 Å².